The van der Waals surface area contributed by atoms with Crippen molar-refractivity contribution >= 4 is 17.9 Å². The van der Waals surface area contributed by atoms with Crippen LogP contribution in [0.25, 0.3) is 0 Å². The highest BCUT2D eigenvalue weighted by Crippen LogP contribution is 2.20. The molecule has 0 heterocycles. The second-order valence-corrected chi connectivity index (χ2v) is 25.9. The molecule has 0 aromatic heterocycles. The van der Waals surface area contributed by atoms with Crippen LogP contribution in [0, 0.1) is 0 Å². The van der Waals surface area contributed by atoms with E-state index in [1.165, 1.54) is 340 Å². The Hall–Kier alpha value is -1.85. The van der Waals surface area contributed by atoms with Gasteiger partial charge in [0.1, 0.15) is 13.2 Å². The van der Waals surface area contributed by atoms with E-state index in [0.717, 1.165) is 57.8 Å². The van der Waals surface area contributed by atoms with Crippen molar-refractivity contribution in [1.82, 2.24) is 0 Å². The van der Waals surface area contributed by atoms with Crippen LogP contribution in [-0.4, -0.2) is 37.2 Å². The summed E-state index contributed by atoms with van der Waals surface area (Å²) in [4.78, 5) is 38.4. The van der Waals surface area contributed by atoms with E-state index in [9.17, 15) is 14.4 Å². The molecule has 0 bridgehead atoms. The summed E-state index contributed by atoms with van der Waals surface area (Å²) < 4.78 is 17.0. The lowest BCUT2D eigenvalue weighted by atomic mass is 10.0. The van der Waals surface area contributed by atoms with E-state index in [-0.39, 0.29) is 31.1 Å². The van der Waals surface area contributed by atoms with Gasteiger partial charge in [0.25, 0.3) is 0 Å². The number of rotatable bonds is 71. The van der Waals surface area contributed by atoms with Crippen LogP contribution in [0.5, 0.6) is 0 Å². The zero-order valence-electron chi connectivity index (χ0n) is 56.1. The number of ether oxygens (including phenoxy) is 3. The molecule has 0 aromatic rings. The lowest BCUT2D eigenvalue weighted by Crippen LogP contribution is -2.30. The molecule has 0 aliphatic carbocycles. The molecule has 0 aliphatic rings. The molecule has 0 saturated heterocycles. The third-order valence-electron chi connectivity index (χ3n) is 17.5. The van der Waals surface area contributed by atoms with Crippen LogP contribution in [0.1, 0.15) is 438 Å². The summed E-state index contributed by atoms with van der Waals surface area (Å²) in [5.41, 5.74) is 0. The van der Waals surface area contributed by atoms with Crippen molar-refractivity contribution in [3.63, 3.8) is 0 Å². The van der Waals surface area contributed by atoms with Gasteiger partial charge in [-0.2, -0.15) is 0 Å². The SMILES string of the molecule is CCCCCCCCC/C=C\CCCCCCCCCC(=O)OC(COC(=O)CCCCCCCCCCCCCCC)COC(=O)CCCCCCCCCCCCCCCCCCCCCCCCCCCCCCCCCCC. The summed E-state index contributed by atoms with van der Waals surface area (Å²) in [7, 11) is 0. The van der Waals surface area contributed by atoms with Gasteiger partial charge in [-0.3, -0.25) is 14.4 Å². The first-order chi connectivity index (χ1) is 40.5. The van der Waals surface area contributed by atoms with Crippen molar-refractivity contribution in [1.29, 1.82) is 0 Å². The predicted octanol–water partition coefficient (Wildman–Crippen LogP) is 26.0. The number of allylic oxidation sites excluding steroid dienone is 2. The standard InChI is InChI=1S/C76H146O6/c1-4-7-10-13-16-19-22-25-27-29-31-32-33-34-35-36-37-38-39-40-41-42-43-44-45-47-48-51-54-57-60-63-66-69-75(78)81-72-73(71-80-74(77)68-65-62-59-56-53-50-24-21-18-15-12-9-6-3)82-76(79)70-67-64-61-58-55-52-49-46-30-28-26-23-20-17-14-11-8-5-2/h28,30,73H,4-27,29,31-72H2,1-3H3/b30-28-. The number of carbonyl (C=O) groups is 3. The molecule has 0 fully saturated rings. The summed E-state index contributed by atoms with van der Waals surface area (Å²) in [6.07, 6.45) is 87.0. The molecular weight excluding hydrogens is 1010 g/mol. The molecule has 1 atom stereocenters. The van der Waals surface area contributed by atoms with Gasteiger partial charge in [-0.25, -0.2) is 0 Å². The lowest BCUT2D eigenvalue weighted by Gasteiger charge is -2.18. The minimum atomic E-state index is -0.769. The second-order valence-electron chi connectivity index (χ2n) is 25.9. The van der Waals surface area contributed by atoms with Gasteiger partial charge in [0, 0.05) is 19.3 Å². The monoisotopic (exact) mass is 1160 g/mol. The Balaban J connectivity index is 4.08. The normalized spacial score (nSPS) is 12.0. The quantitative estimate of drug-likeness (QED) is 0.0261. The van der Waals surface area contributed by atoms with E-state index >= 15 is 0 Å². The van der Waals surface area contributed by atoms with Crippen LogP contribution in [0.4, 0.5) is 0 Å². The van der Waals surface area contributed by atoms with Gasteiger partial charge in [-0.05, 0) is 44.9 Å². The molecule has 0 aromatic carbocycles. The first kappa shape index (κ1) is 80.2. The average molecular weight is 1160 g/mol. The summed E-state index contributed by atoms with van der Waals surface area (Å²) in [6.45, 7) is 6.72. The van der Waals surface area contributed by atoms with Crippen molar-refractivity contribution in [2.75, 3.05) is 13.2 Å². The number of esters is 3. The smallest absolute Gasteiger partial charge is 0.306 e. The topological polar surface area (TPSA) is 78.9 Å². The van der Waals surface area contributed by atoms with Gasteiger partial charge >= 0.3 is 17.9 Å². The Bertz CT molecular complexity index is 1280. The second kappa shape index (κ2) is 71.6. The van der Waals surface area contributed by atoms with E-state index < -0.39 is 6.10 Å². The molecule has 6 nitrogen and oxygen atoms in total. The fourth-order valence-electron chi connectivity index (χ4n) is 11.9. The van der Waals surface area contributed by atoms with Crippen molar-refractivity contribution < 1.29 is 28.6 Å². The van der Waals surface area contributed by atoms with Crippen LogP contribution in [-0.2, 0) is 28.6 Å². The Morgan fingerprint density at radius 1 is 0.232 bits per heavy atom. The highest BCUT2D eigenvalue weighted by molar-refractivity contribution is 5.71. The minimum absolute atomic E-state index is 0.0649. The van der Waals surface area contributed by atoms with Gasteiger partial charge in [-0.1, -0.05) is 386 Å². The fraction of sp³-hybridized carbons (Fsp3) is 0.934. The number of hydrogen-bond donors (Lipinski definition) is 0. The van der Waals surface area contributed by atoms with Gasteiger partial charge in [0.05, 0.1) is 0 Å². The maximum atomic E-state index is 12.9. The highest BCUT2D eigenvalue weighted by atomic mass is 16.6. The lowest BCUT2D eigenvalue weighted by molar-refractivity contribution is -0.167. The molecule has 0 aliphatic heterocycles. The molecule has 82 heavy (non-hydrogen) atoms. The van der Waals surface area contributed by atoms with Crippen LogP contribution in [0.2, 0.25) is 0 Å². The Morgan fingerprint density at radius 2 is 0.402 bits per heavy atom. The van der Waals surface area contributed by atoms with Gasteiger partial charge in [0.15, 0.2) is 6.10 Å². The highest BCUT2D eigenvalue weighted by Gasteiger charge is 2.20. The zero-order chi connectivity index (χ0) is 59.2. The zero-order valence-corrected chi connectivity index (χ0v) is 56.1. The first-order valence-electron chi connectivity index (χ1n) is 37.7. The van der Waals surface area contributed by atoms with E-state index in [2.05, 4.69) is 32.9 Å². The van der Waals surface area contributed by atoms with Crippen LogP contribution in [0.3, 0.4) is 0 Å². The minimum Gasteiger partial charge on any atom is -0.462 e. The molecule has 0 N–H and O–H groups in total. The molecular formula is C76H146O6. The Labute approximate surface area is 513 Å². The molecule has 0 spiro atoms. The maximum Gasteiger partial charge on any atom is 0.306 e. The molecule has 486 valence electrons. The van der Waals surface area contributed by atoms with Crippen LogP contribution in [0.15, 0.2) is 12.2 Å². The fourth-order valence-corrected chi connectivity index (χ4v) is 11.9. The summed E-state index contributed by atoms with van der Waals surface area (Å²) in [5, 5.41) is 0. The van der Waals surface area contributed by atoms with Crippen molar-refractivity contribution in [3.8, 4) is 0 Å². The summed E-state index contributed by atoms with van der Waals surface area (Å²) >= 11 is 0. The maximum absolute atomic E-state index is 12.9. The van der Waals surface area contributed by atoms with Crippen molar-refractivity contribution in [2.45, 2.75) is 444 Å². The van der Waals surface area contributed by atoms with E-state index in [1.807, 2.05) is 0 Å². The molecule has 0 radical (unpaired) electrons. The van der Waals surface area contributed by atoms with Crippen molar-refractivity contribution in [3.05, 3.63) is 12.2 Å². The largest absolute Gasteiger partial charge is 0.462 e. The van der Waals surface area contributed by atoms with E-state index in [1.54, 1.807) is 0 Å². The molecule has 6 heteroatoms. The van der Waals surface area contributed by atoms with E-state index in [0.29, 0.717) is 19.3 Å². The molecule has 0 saturated carbocycles. The third kappa shape index (κ3) is 68.9. The first-order valence-corrected chi connectivity index (χ1v) is 37.7. The predicted molar refractivity (Wildman–Crippen MR) is 358 cm³/mol. The van der Waals surface area contributed by atoms with Crippen molar-refractivity contribution in [2.24, 2.45) is 0 Å². The van der Waals surface area contributed by atoms with Crippen LogP contribution >= 0.6 is 0 Å². The van der Waals surface area contributed by atoms with Gasteiger partial charge in [-0.15, -0.1) is 0 Å². The van der Waals surface area contributed by atoms with Gasteiger partial charge in [0.2, 0.25) is 0 Å². The van der Waals surface area contributed by atoms with Gasteiger partial charge < -0.3 is 14.2 Å². The summed E-state index contributed by atoms with van der Waals surface area (Å²) in [6, 6.07) is 0. The molecule has 0 amide bonds. The van der Waals surface area contributed by atoms with Crippen LogP contribution < -0.4 is 0 Å². The number of unbranched alkanes of at least 4 members (excludes halogenated alkanes) is 58. The number of hydrogen-bond acceptors (Lipinski definition) is 6. The summed E-state index contributed by atoms with van der Waals surface area (Å²) in [5.74, 6) is -0.834. The number of carbonyl (C=O) groups excluding carboxylic acids is 3. The molecule has 1 unspecified atom stereocenters. The Kier molecular flexibility index (Phi) is 70.0. The molecule has 0 rings (SSSR count). The Morgan fingerprint density at radius 3 is 0.610 bits per heavy atom. The van der Waals surface area contributed by atoms with E-state index in [4.69, 9.17) is 14.2 Å². The third-order valence-corrected chi connectivity index (χ3v) is 17.5. The average Bonchev–Trinajstić information content (AvgIpc) is 3.47.